The molecule has 0 amide bonds. The quantitative estimate of drug-likeness (QED) is 0.194. The Balaban J connectivity index is 1.35. The van der Waals surface area contributed by atoms with Gasteiger partial charge in [0.1, 0.15) is 0 Å². The molecule has 2 aromatic heterocycles. The number of nitrogens with zero attached hydrogens (tertiary/aromatic N) is 2. The Labute approximate surface area is 266 Å². The van der Waals surface area contributed by atoms with E-state index in [9.17, 15) is 0 Å². The average molecular weight is 583 g/mol. The van der Waals surface area contributed by atoms with Gasteiger partial charge in [0, 0.05) is 39.2 Å². The first-order valence-electron chi connectivity index (χ1n) is 15.7. The Bertz CT molecular complexity index is 2670. The monoisotopic (exact) mass is 582 g/mol. The third-order valence-electron chi connectivity index (χ3n) is 9.63. The maximum absolute atomic E-state index is 5.21. The summed E-state index contributed by atoms with van der Waals surface area (Å²) in [7, 11) is 0. The van der Waals surface area contributed by atoms with Crippen LogP contribution in [0.3, 0.4) is 0 Å². The zero-order chi connectivity index (χ0) is 30.2. The Morgan fingerprint density at radius 2 is 1.13 bits per heavy atom. The van der Waals surface area contributed by atoms with Crippen LogP contribution in [0.1, 0.15) is 0 Å². The largest absolute Gasteiger partial charge is 0.256 e. The molecule has 0 radical (unpaired) electrons. The van der Waals surface area contributed by atoms with Crippen LogP contribution < -0.4 is 0 Å². The number of hydrogen-bond donors (Lipinski definition) is 0. The zero-order valence-corrected chi connectivity index (χ0v) is 24.9. The second-order valence-corrected chi connectivity index (χ2v) is 12.1. The van der Waals surface area contributed by atoms with Gasteiger partial charge >= 0.3 is 0 Å². The van der Waals surface area contributed by atoms with Crippen LogP contribution in [0.4, 0.5) is 0 Å². The highest BCUT2D eigenvalue weighted by molar-refractivity contribution is 6.30. The van der Waals surface area contributed by atoms with Crippen LogP contribution in [0.5, 0.6) is 0 Å². The van der Waals surface area contributed by atoms with Crippen LogP contribution in [-0.4, -0.2) is 9.97 Å². The minimum atomic E-state index is 0.981. The third-order valence-corrected chi connectivity index (χ3v) is 9.63. The molecule has 0 unspecified atom stereocenters. The van der Waals surface area contributed by atoms with Gasteiger partial charge in [-0.15, -0.1) is 0 Å². The second kappa shape index (κ2) is 9.69. The number of aromatic nitrogens is 2. The van der Waals surface area contributed by atoms with Crippen LogP contribution in [0.15, 0.2) is 158 Å². The highest BCUT2D eigenvalue weighted by Gasteiger charge is 2.27. The van der Waals surface area contributed by atoms with Crippen molar-refractivity contribution in [1.29, 1.82) is 0 Å². The minimum Gasteiger partial charge on any atom is -0.256 e. The number of para-hydroxylation sites is 1. The van der Waals surface area contributed by atoms with Crippen LogP contribution in [0.25, 0.3) is 99.1 Å². The molecule has 0 N–H and O–H groups in total. The number of hydrogen-bond acceptors (Lipinski definition) is 2. The number of benzene rings is 7. The highest BCUT2D eigenvalue weighted by atomic mass is 14.7. The Hall–Kier alpha value is -6.12. The topological polar surface area (TPSA) is 25.8 Å². The van der Waals surface area contributed by atoms with Crippen molar-refractivity contribution in [2.75, 3.05) is 0 Å². The molecule has 0 aliphatic heterocycles. The Morgan fingerprint density at radius 1 is 0.391 bits per heavy atom. The van der Waals surface area contributed by atoms with Crippen LogP contribution >= 0.6 is 0 Å². The van der Waals surface area contributed by atoms with Crippen molar-refractivity contribution >= 4 is 43.2 Å². The van der Waals surface area contributed by atoms with Crippen LogP contribution in [0.2, 0.25) is 0 Å². The van der Waals surface area contributed by atoms with E-state index in [1.807, 2.05) is 6.20 Å². The number of fused-ring (bicyclic) bond motifs is 8. The summed E-state index contributed by atoms with van der Waals surface area (Å²) in [6, 6.07) is 54.6. The summed E-state index contributed by atoms with van der Waals surface area (Å²) in [5.41, 5.74) is 12.7. The van der Waals surface area contributed by atoms with Crippen molar-refractivity contribution < 1.29 is 0 Å². The van der Waals surface area contributed by atoms with Crippen molar-refractivity contribution in [3.05, 3.63) is 158 Å². The van der Waals surface area contributed by atoms with E-state index in [1.54, 1.807) is 0 Å². The lowest BCUT2D eigenvalue weighted by Crippen LogP contribution is -1.91. The maximum atomic E-state index is 5.21. The lowest BCUT2D eigenvalue weighted by atomic mass is 9.87. The Kier molecular flexibility index (Phi) is 5.31. The standard InChI is InChI=1S/C44H26N2/c1-3-10-27(11-4-1)30-17-19-32-35(24-30)38(41-22-18-29-14-7-8-16-40(29)46-41)25-37-33-21-20-31(28-12-5-2-6-13-28)42-34-15-9-23-45-44(34)39(43(33)42)26-36(32)37/h1-26H. The molecule has 0 fully saturated rings. The first-order chi connectivity index (χ1) is 22.8. The summed E-state index contributed by atoms with van der Waals surface area (Å²) in [4.78, 5) is 10.2. The van der Waals surface area contributed by atoms with Crippen LogP contribution in [-0.2, 0) is 0 Å². The van der Waals surface area contributed by atoms with E-state index in [0.717, 1.165) is 27.9 Å². The molecule has 1 aliphatic rings. The van der Waals surface area contributed by atoms with Gasteiger partial charge in [-0.3, -0.25) is 4.98 Å². The van der Waals surface area contributed by atoms with Crippen molar-refractivity contribution in [1.82, 2.24) is 9.97 Å². The molecule has 0 saturated carbocycles. The van der Waals surface area contributed by atoms with Gasteiger partial charge in [-0.1, -0.05) is 115 Å². The molecule has 2 heteroatoms. The lowest BCUT2D eigenvalue weighted by Gasteiger charge is -2.16. The Morgan fingerprint density at radius 3 is 2.00 bits per heavy atom. The summed E-state index contributed by atoms with van der Waals surface area (Å²) < 4.78 is 0. The fourth-order valence-electron chi connectivity index (χ4n) is 7.53. The van der Waals surface area contributed by atoms with E-state index >= 15 is 0 Å². The molecular weight excluding hydrogens is 556 g/mol. The average Bonchev–Trinajstić information content (AvgIpc) is 3.46. The van der Waals surface area contributed by atoms with E-state index in [2.05, 4.69) is 152 Å². The minimum absolute atomic E-state index is 0.981. The number of pyridine rings is 2. The summed E-state index contributed by atoms with van der Waals surface area (Å²) in [5.74, 6) is 0. The first kappa shape index (κ1) is 25.2. The maximum Gasteiger partial charge on any atom is 0.0787 e. The molecule has 10 rings (SSSR count). The zero-order valence-electron chi connectivity index (χ0n) is 24.9. The smallest absolute Gasteiger partial charge is 0.0787 e. The van der Waals surface area contributed by atoms with Gasteiger partial charge in [-0.25, -0.2) is 4.98 Å². The molecule has 9 aromatic rings. The molecule has 0 atom stereocenters. The van der Waals surface area contributed by atoms with E-state index < -0.39 is 0 Å². The van der Waals surface area contributed by atoms with E-state index in [-0.39, 0.29) is 0 Å². The normalized spacial score (nSPS) is 11.9. The van der Waals surface area contributed by atoms with E-state index in [0.29, 0.717) is 0 Å². The summed E-state index contributed by atoms with van der Waals surface area (Å²) in [5, 5.41) is 8.56. The van der Waals surface area contributed by atoms with Crippen LogP contribution in [0, 0.1) is 0 Å². The van der Waals surface area contributed by atoms with E-state index in [4.69, 9.17) is 9.97 Å². The van der Waals surface area contributed by atoms with Gasteiger partial charge in [-0.2, -0.15) is 0 Å². The second-order valence-electron chi connectivity index (χ2n) is 12.1. The van der Waals surface area contributed by atoms with Gasteiger partial charge in [0.15, 0.2) is 0 Å². The summed E-state index contributed by atoms with van der Waals surface area (Å²) in [6.07, 6.45) is 1.92. The fraction of sp³-hybridized carbons (Fsp3) is 0. The fourth-order valence-corrected chi connectivity index (χ4v) is 7.53. The molecule has 46 heavy (non-hydrogen) atoms. The van der Waals surface area contributed by atoms with Gasteiger partial charge in [0.2, 0.25) is 0 Å². The van der Waals surface area contributed by atoms with Gasteiger partial charge in [0.05, 0.1) is 16.9 Å². The van der Waals surface area contributed by atoms with Crippen molar-refractivity contribution in [3.63, 3.8) is 0 Å². The molecule has 0 spiro atoms. The molecule has 2 nitrogen and oxygen atoms in total. The molecular formula is C44H26N2. The molecule has 7 aromatic carbocycles. The van der Waals surface area contributed by atoms with E-state index in [1.165, 1.54) is 71.3 Å². The van der Waals surface area contributed by atoms with Crippen molar-refractivity contribution in [2.45, 2.75) is 0 Å². The molecule has 1 aliphatic carbocycles. The number of rotatable bonds is 3. The summed E-state index contributed by atoms with van der Waals surface area (Å²) in [6.45, 7) is 0. The molecule has 0 saturated heterocycles. The predicted molar refractivity (Wildman–Crippen MR) is 193 cm³/mol. The van der Waals surface area contributed by atoms with Gasteiger partial charge in [-0.05, 0) is 85.6 Å². The highest BCUT2D eigenvalue weighted by Crippen LogP contribution is 2.53. The van der Waals surface area contributed by atoms with Crippen molar-refractivity contribution in [2.24, 2.45) is 0 Å². The van der Waals surface area contributed by atoms with Crippen molar-refractivity contribution in [3.8, 4) is 55.9 Å². The summed E-state index contributed by atoms with van der Waals surface area (Å²) >= 11 is 0. The van der Waals surface area contributed by atoms with Gasteiger partial charge < -0.3 is 0 Å². The molecule has 212 valence electrons. The molecule has 0 bridgehead atoms. The lowest BCUT2D eigenvalue weighted by molar-refractivity contribution is 1.35. The van der Waals surface area contributed by atoms with Gasteiger partial charge in [0.25, 0.3) is 0 Å². The SMILES string of the molecule is c1ccc(-c2ccc3c(c2)c(-c2ccc4ccccc4n2)cc2c4ccc(-c5ccccc5)c5c4c(cc32)-c2ncccc2-5)cc1. The first-order valence-corrected chi connectivity index (χ1v) is 15.7. The third kappa shape index (κ3) is 3.65. The molecule has 2 heterocycles. The predicted octanol–water partition coefficient (Wildman–Crippen LogP) is 11.7.